The monoisotopic (exact) mass is 461 g/mol. The van der Waals surface area contributed by atoms with Gasteiger partial charge in [0, 0.05) is 13.3 Å². The van der Waals surface area contributed by atoms with Gasteiger partial charge >= 0.3 is 7.60 Å². The number of aromatic nitrogens is 6. The molecule has 1 aliphatic rings. The van der Waals surface area contributed by atoms with Gasteiger partial charge in [-0.05, 0) is 11.6 Å². The summed E-state index contributed by atoms with van der Waals surface area (Å²) in [5, 5.41) is 17.4. The smallest absolute Gasteiger partial charge is 0.363 e. The van der Waals surface area contributed by atoms with Crippen molar-refractivity contribution in [3.8, 4) is 0 Å². The molecular formula is C14H17ClN7O7P. The lowest BCUT2D eigenvalue weighted by Crippen LogP contribution is -2.27. The van der Waals surface area contributed by atoms with Gasteiger partial charge in [-0.15, -0.1) is 10.2 Å². The fraction of sp³-hybridized carbons (Fsp3) is 0.500. The molecule has 4 rings (SSSR count). The predicted octanol–water partition coefficient (Wildman–Crippen LogP) is 0.295. The number of fused-ring (bicyclic) bond motifs is 1. The summed E-state index contributed by atoms with van der Waals surface area (Å²) in [5.74, 6) is -1.93. The highest BCUT2D eigenvalue weighted by Gasteiger charge is 2.41. The number of aliphatic hydroxyl groups excluding tert-OH is 1. The van der Waals surface area contributed by atoms with Crippen LogP contribution in [-0.2, 0) is 14.0 Å². The van der Waals surface area contributed by atoms with E-state index in [4.69, 9.17) is 31.2 Å². The Morgan fingerprint density at radius 3 is 2.87 bits per heavy atom. The zero-order valence-corrected chi connectivity index (χ0v) is 17.0. The van der Waals surface area contributed by atoms with E-state index in [2.05, 4.69) is 25.1 Å². The van der Waals surface area contributed by atoms with E-state index in [0.717, 1.165) is 0 Å². The maximum Gasteiger partial charge on any atom is 0.363 e. The van der Waals surface area contributed by atoms with Gasteiger partial charge in [0.1, 0.15) is 17.8 Å². The fourth-order valence-corrected chi connectivity index (χ4v) is 3.91. The molecule has 0 spiro atoms. The summed E-state index contributed by atoms with van der Waals surface area (Å²) >= 11 is 5.86. The minimum absolute atomic E-state index is 0.0699. The summed E-state index contributed by atoms with van der Waals surface area (Å²) in [4.78, 5) is 31.2. The molecule has 1 fully saturated rings. The summed E-state index contributed by atoms with van der Waals surface area (Å²) in [6, 6.07) is 0. The van der Waals surface area contributed by atoms with Crippen molar-refractivity contribution in [3.63, 3.8) is 0 Å². The lowest BCUT2D eigenvalue weighted by molar-refractivity contribution is -0.0730. The Balaban J connectivity index is 1.50. The lowest BCUT2D eigenvalue weighted by Gasteiger charge is -2.20. The highest BCUT2D eigenvalue weighted by Crippen LogP contribution is 2.52. The van der Waals surface area contributed by atoms with Crippen molar-refractivity contribution < 1.29 is 33.3 Å². The maximum absolute atomic E-state index is 11.8. The van der Waals surface area contributed by atoms with Gasteiger partial charge in [0.25, 0.3) is 5.89 Å². The molecule has 1 unspecified atom stereocenters. The van der Waals surface area contributed by atoms with Crippen molar-refractivity contribution in [1.29, 1.82) is 0 Å². The summed E-state index contributed by atoms with van der Waals surface area (Å²) in [6.07, 6.45) is -1.03. The van der Waals surface area contributed by atoms with Crippen molar-refractivity contribution in [2.45, 2.75) is 37.6 Å². The van der Waals surface area contributed by atoms with Crippen LogP contribution in [0.4, 0.5) is 5.82 Å². The van der Waals surface area contributed by atoms with Gasteiger partial charge in [0.2, 0.25) is 17.0 Å². The highest BCUT2D eigenvalue weighted by atomic mass is 35.5. The molecule has 3 aromatic rings. The molecule has 4 atom stereocenters. The Labute approximate surface area is 173 Å². The largest absolute Gasteiger partial charge is 0.422 e. The second kappa shape index (κ2) is 7.81. The maximum atomic E-state index is 11.8. The standard InChI is InChI=1S/C14H17ClN7O7P/c1-5-20-21-12(28-5)13(30(24,25)26)27-3-7-6(23)2-8(29-7)22-4-17-9-10(16)18-14(15)19-11(9)22/h4,6-8,13,23H,2-3H2,1H3,(H2,16,18,19)(H2,24,25,26)/t6-,7+,8+,13?/m0/s1. The third kappa shape index (κ3) is 4.03. The predicted molar refractivity (Wildman–Crippen MR) is 99.1 cm³/mol. The number of hydrogen-bond acceptors (Lipinski definition) is 11. The quantitative estimate of drug-likeness (QED) is 0.288. The zero-order valence-electron chi connectivity index (χ0n) is 15.4. The normalized spacial score (nSPS) is 23.3. The van der Waals surface area contributed by atoms with E-state index < -0.39 is 31.9 Å². The number of halogens is 1. The molecule has 5 N–H and O–H groups in total. The van der Waals surface area contributed by atoms with E-state index in [1.807, 2.05) is 0 Å². The number of hydrogen-bond donors (Lipinski definition) is 4. The van der Waals surface area contributed by atoms with Gasteiger partial charge in [-0.25, -0.2) is 4.98 Å². The van der Waals surface area contributed by atoms with Gasteiger partial charge in [-0.1, -0.05) is 0 Å². The molecule has 0 saturated carbocycles. The Hall–Kier alpha value is -2.19. The van der Waals surface area contributed by atoms with Crippen molar-refractivity contribution in [2.24, 2.45) is 0 Å². The average molecular weight is 462 g/mol. The van der Waals surface area contributed by atoms with Crippen molar-refractivity contribution in [2.75, 3.05) is 12.3 Å². The molecule has 0 aliphatic carbocycles. The number of ether oxygens (including phenoxy) is 2. The number of rotatable bonds is 6. The fourth-order valence-electron chi connectivity index (χ4n) is 3.07. The molecule has 4 heterocycles. The second-order valence-electron chi connectivity index (χ2n) is 6.57. The van der Waals surface area contributed by atoms with E-state index in [1.54, 1.807) is 0 Å². The van der Waals surface area contributed by atoms with Crippen LogP contribution >= 0.6 is 19.2 Å². The molecule has 1 aliphatic heterocycles. The number of aliphatic hydroxyl groups is 1. The van der Waals surface area contributed by atoms with Crippen molar-refractivity contribution in [3.05, 3.63) is 23.4 Å². The van der Waals surface area contributed by atoms with E-state index in [0.29, 0.717) is 11.2 Å². The first kappa shape index (κ1) is 21.1. The van der Waals surface area contributed by atoms with Crippen LogP contribution < -0.4 is 5.73 Å². The van der Waals surface area contributed by atoms with Crippen LogP contribution in [-0.4, -0.2) is 63.4 Å². The van der Waals surface area contributed by atoms with E-state index in [9.17, 15) is 19.5 Å². The summed E-state index contributed by atoms with van der Waals surface area (Å²) in [7, 11) is -4.78. The third-order valence-corrected chi connectivity index (χ3v) is 5.56. The molecule has 0 aromatic carbocycles. The molecule has 30 heavy (non-hydrogen) atoms. The molecule has 16 heteroatoms. The number of imidazole rings is 1. The lowest BCUT2D eigenvalue weighted by atomic mass is 10.2. The first-order chi connectivity index (χ1) is 14.1. The van der Waals surface area contributed by atoms with Crippen LogP contribution in [0.25, 0.3) is 11.2 Å². The third-order valence-electron chi connectivity index (χ3n) is 4.41. The van der Waals surface area contributed by atoms with Crippen LogP contribution in [0, 0.1) is 6.92 Å². The number of anilines is 1. The first-order valence-electron chi connectivity index (χ1n) is 8.59. The van der Waals surface area contributed by atoms with E-state index in [1.165, 1.54) is 17.8 Å². The van der Waals surface area contributed by atoms with Gasteiger partial charge in [-0.3, -0.25) is 9.13 Å². The zero-order chi connectivity index (χ0) is 21.6. The molecular weight excluding hydrogens is 445 g/mol. The van der Waals surface area contributed by atoms with E-state index in [-0.39, 0.29) is 35.9 Å². The summed E-state index contributed by atoms with van der Waals surface area (Å²) < 4.78 is 29.5. The van der Waals surface area contributed by atoms with Crippen molar-refractivity contribution in [1.82, 2.24) is 29.7 Å². The van der Waals surface area contributed by atoms with Crippen LogP contribution in [0.2, 0.25) is 5.28 Å². The molecule has 1 saturated heterocycles. The van der Waals surface area contributed by atoms with Crippen LogP contribution in [0.1, 0.15) is 30.3 Å². The molecule has 3 aromatic heterocycles. The number of nitrogens with two attached hydrogens (primary N) is 1. The Morgan fingerprint density at radius 1 is 1.43 bits per heavy atom. The number of aryl methyl sites for hydroxylation is 1. The molecule has 0 radical (unpaired) electrons. The van der Waals surface area contributed by atoms with Gasteiger partial charge < -0.3 is 34.5 Å². The number of nitrogen functional groups attached to an aromatic ring is 1. The minimum Gasteiger partial charge on any atom is -0.422 e. The van der Waals surface area contributed by atoms with E-state index >= 15 is 0 Å². The second-order valence-corrected chi connectivity index (χ2v) is 8.55. The minimum atomic E-state index is -4.78. The topological polar surface area (TPSA) is 205 Å². The molecule has 0 amide bonds. The average Bonchev–Trinajstić information content (AvgIpc) is 3.33. The van der Waals surface area contributed by atoms with Gasteiger partial charge in [0.15, 0.2) is 11.5 Å². The van der Waals surface area contributed by atoms with Crippen LogP contribution in [0.5, 0.6) is 0 Å². The molecule has 0 bridgehead atoms. The Bertz CT molecular complexity index is 1120. The summed E-state index contributed by atoms with van der Waals surface area (Å²) in [6.45, 7) is 1.12. The SMILES string of the molecule is Cc1nnc(C(OC[C@H]2O[C@@H](n3cnc4c(N)nc(Cl)nc43)C[C@@H]2O)P(=O)(O)O)o1. The van der Waals surface area contributed by atoms with Crippen molar-refractivity contribution >= 4 is 36.2 Å². The van der Waals surface area contributed by atoms with Gasteiger partial charge in [-0.2, -0.15) is 9.97 Å². The highest BCUT2D eigenvalue weighted by molar-refractivity contribution is 7.51. The number of nitrogens with zero attached hydrogens (tertiary/aromatic N) is 6. The van der Waals surface area contributed by atoms with Crippen LogP contribution in [0.15, 0.2) is 10.7 Å². The molecule has 162 valence electrons. The van der Waals surface area contributed by atoms with Crippen LogP contribution in [0.3, 0.4) is 0 Å². The molecule has 14 nitrogen and oxygen atoms in total. The Kier molecular flexibility index (Phi) is 5.48. The Morgan fingerprint density at radius 2 is 2.20 bits per heavy atom. The first-order valence-corrected chi connectivity index (χ1v) is 10.7. The summed E-state index contributed by atoms with van der Waals surface area (Å²) in [5.41, 5.74) is 6.43. The van der Waals surface area contributed by atoms with Gasteiger partial charge in [0.05, 0.1) is 19.0 Å².